The van der Waals surface area contributed by atoms with Crippen LogP contribution in [0.25, 0.3) is 94.5 Å². The number of hydrogen-bond donors (Lipinski definition) is 0. The van der Waals surface area contributed by atoms with Gasteiger partial charge in [0.2, 0.25) is 0 Å². The van der Waals surface area contributed by atoms with Gasteiger partial charge in [0, 0.05) is 49.8 Å². The molecule has 70 heavy (non-hydrogen) atoms. The number of ether oxygens (including phenoxy) is 1. The van der Waals surface area contributed by atoms with Crippen molar-refractivity contribution in [3.8, 4) is 73.2 Å². The van der Waals surface area contributed by atoms with Gasteiger partial charge in [-0.05, 0) is 80.1 Å². The maximum absolute atomic E-state index is 9.06. The summed E-state index contributed by atoms with van der Waals surface area (Å²) in [6, 6.07) is 52.5. The fourth-order valence-electron chi connectivity index (χ4n) is 9.23. The molecule has 0 N–H and O–H groups in total. The van der Waals surface area contributed by atoms with Crippen LogP contribution in [0.15, 0.2) is 224 Å². The molecule has 12 rings (SSSR count). The first-order valence-corrected chi connectivity index (χ1v) is 22.7. The van der Waals surface area contributed by atoms with Gasteiger partial charge in [0.05, 0.1) is 30.4 Å². The van der Waals surface area contributed by atoms with Gasteiger partial charge in [-0.15, -0.1) is 29.7 Å². The quantitative estimate of drug-likeness (QED) is 0.0956. The van der Waals surface area contributed by atoms with E-state index in [-0.39, 0.29) is 49.0 Å². The average molecular weight is 1090 g/mol. The number of para-hydroxylation sites is 3. The molecule has 0 fully saturated rings. The number of hydrogen-bond acceptors (Lipinski definition) is 2. The van der Waals surface area contributed by atoms with Gasteiger partial charge in [-0.3, -0.25) is 4.57 Å². The van der Waals surface area contributed by atoms with Crippen LogP contribution < -0.4 is 9.30 Å². The summed E-state index contributed by atoms with van der Waals surface area (Å²) in [5, 5.41) is 1.99. The molecule has 0 bridgehead atoms. The summed E-state index contributed by atoms with van der Waals surface area (Å²) in [6.45, 7) is 4.44. The van der Waals surface area contributed by atoms with Crippen LogP contribution in [0.2, 0.25) is 0 Å². The normalized spacial score (nSPS) is 13.4. The molecule has 0 unspecified atom stereocenters. The molecule has 0 saturated heterocycles. The van der Waals surface area contributed by atoms with Crippen LogP contribution in [0.1, 0.15) is 33.1 Å². The molecule has 12 aromatic rings. The van der Waals surface area contributed by atoms with Gasteiger partial charge in [0.15, 0.2) is 0 Å². The van der Waals surface area contributed by atoms with Crippen LogP contribution in [0.3, 0.4) is 0 Å². The summed E-state index contributed by atoms with van der Waals surface area (Å²) in [5.74, 6) is 1.90. The van der Waals surface area contributed by atoms with Crippen molar-refractivity contribution < 1.29 is 44.1 Å². The molecular formula is C64H46N4OPt-2. The summed E-state index contributed by atoms with van der Waals surface area (Å²) in [5.41, 5.74) is 9.04. The molecule has 0 amide bonds. The molecular weight excluding hydrogens is 1040 g/mol. The molecule has 9 aromatic carbocycles. The average Bonchev–Trinajstić information content (AvgIpc) is 3.65. The fourth-order valence-corrected chi connectivity index (χ4v) is 9.23. The van der Waals surface area contributed by atoms with Crippen molar-refractivity contribution >= 4 is 32.8 Å². The first kappa shape index (κ1) is 34.2. The number of nitrogens with zero attached hydrogens (tertiary/aromatic N) is 4. The Kier molecular flexibility index (Phi) is 9.34. The third-order valence-electron chi connectivity index (χ3n) is 12.2. The van der Waals surface area contributed by atoms with Crippen molar-refractivity contribution in [1.82, 2.24) is 14.1 Å². The van der Waals surface area contributed by atoms with Crippen molar-refractivity contribution in [2.24, 2.45) is 5.92 Å². The van der Waals surface area contributed by atoms with Crippen molar-refractivity contribution in [2.75, 3.05) is 0 Å². The molecule has 5 nitrogen and oxygen atoms in total. The number of pyridine rings is 1. The van der Waals surface area contributed by atoms with Gasteiger partial charge >= 0.3 is 0 Å². The molecule has 0 aliphatic heterocycles. The Bertz CT molecular complexity index is 4290. The number of rotatable bonds is 11. The third-order valence-corrected chi connectivity index (χ3v) is 12.2. The fraction of sp³-hybridized carbons (Fsp3) is 0.0625. The van der Waals surface area contributed by atoms with E-state index in [0.717, 1.165) is 56.3 Å². The topological polar surface area (TPSA) is 35.9 Å². The standard InChI is InChI=1S/C64H46N4O.Pt/c1-44(2)37-50-39-63(65-42-58(50)48-25-13-6-14-26-48)68-59-36-33-49(45-19-7-3-8-20-45)38-57(59)56-35-34-53(41-62(56)68)69-52-28-17-27-51(40-52)66-43-67(61-32-16-15-31-60(61)66)64-54(46-21-9-4-10-22-46)29-18-30-55(64)47-23-11-5-12-24-47;/h3-36,38-39,42,44H,37H2,1-2H3;/q-2;/i4D,5D,9D,10D,11D,12D,21D,22D,23D,24D;. The first-order chi connectivity index (χ1) is 38.2. The maximum atomic E-state index is 9.06. The number of aromatic nitrogens is 4. The molecule has 0 saturated carbocycles. The van der Waals surface area contributed by atoms with E-state index in [2.05, 4.69) is 85.4 Å². The van der Waals surface area contributed by atoms with E-state index in [1.807, 2.05) is 91.1 Å². The molecule has 6 heteroatoms. The first-order valence-electron chi connectivity index (χ1n) is 27.7. The molecule has 0 spiro atoms. The number of benzene rings is 9. The van der Waals surface area contributed by atoms with Crippen LogP contribution in [0, 0.1) is 24.4 Å². The summed E-state index contributed by atoms with van der Waals surface area (Å²) in [6.07, 6.45) is 6.24. The zero-order valence-corrected chi connectivity index (χ0v) is 40.2. The number of fused-ring (bicyclic) bond motifs is 4. The Morgan fingerprint density at radius 2 is 1.23 bits per heavy atom. The number of imidazole rings is 1. The van der Waals surface area contributed by atoms with Gasteiger partial charge in [-0.2, -0.15) is 18.2 Å². The minimum atomic E-state index is -0.575. The molecule has 0 radical (unpaired) electrons. The van der Waals surface area contributed by atoms with Crippen molar-refractivity contribution in [3.63, 3.8) is 0 Å². The maximum Gasteiger partial charge on any atom is 0.268 e. The van der Waals surface area contributed by atoms with Crippen LogP contribution >= 0.6 is 0 Å². The van der Waals surface area contributed by atoms with Gasteiger partial charge in [-0.25, -0.2) is 4.98 Å². The molecule has 0 aliphatic carbocycles. The second kappa shape index (κ2) is 19.1. The van der Waals surface area contributed by atoms with Crippen LogP contribution in [0.5, 0.6) is 11.5 Å². The van der Waals surface area contributed by atoms with Gasteiger partial charge in [0.1, 0.15) is 5.82 Å². The van der Waals surface area contributed by atoms with Crippen molar-refractivity contribution in [3.05, 3.63) is 248 Å². The summed E-state index contributed by atoms with van der Waals surface area (Å²) >= 11 is 0. The Balaban J connectivity index is 0.00000675. The summed E-state index contributed by atoms with van der Waals surface area (Å²) < 4.78 is 99.6. The zero-order valence-electron chi connectivity index (χ0n) is 47.9. The van der Waals surface area contributed by atoms with E-state index in [1.54, 1.807) is 33.4 Å². The van der Waals surface area contributed by atoms with E-state index >= 15 is 0 Å². The van der Waals surface area contributed by atoms with Gasteiger partial charge in [0.25, 0.3) is 6.33 Å². The largest absolute Gasteiger partial charge is 0.510 e. The van der Waals surface area contributed by atoms with E-state index in [0.29, 0.717) is 34.1 Å². The minimum Gasteiger partial charge on any atom is -0.510 e. The monoisotopic (exact) mass is 1090 g/mol. The molecule has 340 valence electrons. The van der Waals surface area contributed by atoms with Crippen molar-refractivity contribution in [1.29, 1.82) is 0 Å². The van der Waals surface area contributed by atoms with E-state index < -0.39 is 60.4 Å². The van der Waals surface area contributed by atoms with E-state index in [1.165, 1.54) is 5.56 Å². The van der Waals surface area contributed by atoms with Gasteiger partial charge in [-0.1, -0.05) is 195 Å². The third kappa shape index (κ3) is 8.33. The Morgan fingerprint density at radius 1 is 0.571 bits per heavy atom. The van der Waals surface area contributed by atoms with E-state index in [9.17, 15) is 0 Å². The zero-order chi connectivity index (χ0) is 55.0. The van der Waals surface area contributed by atoms with Crippen LogP contribution in [-0.2, 0) is 27.5 Å². The second-order valence-electron chi connectivity index (χ2n) is 17.1. The molecule has 0 atom stereocenters. The van der Waals surface area contributed by atoms with E-state index in [4.69, 9.17) is 23.4 Å². The minimum absolute atomic E-state index is 0. The summed E-state index contributed by atoms with van der Waals surface area (Å²) in [7, 11) is 0. The Labute approximate surface area is 436 Å². The molecule has 0 aliphatic rings. The molecule has 3 aromatic heterocycles. The molecule has 3 heterocycles. The SMILES string of the molecule is [2H]c1c([2H])c([2H])c(-c2cccc(-c3c([2H])c([2H])c([2H])c([2H])c3[2H])c2-[n+]2[c-]n(-c3[c-]c(Oc4[c-]c5c(cc4)c4cc(-c6ccccc6)ccc4n5-c4cc(CC(C)C)c(-c5ccccc5)cn4)ccc3)c3ccccc32)c([2H])c1[2H].[Pt]. The predicted molar refractivity (Wildman–Crippen MR) is 280 cm³/mol. The Hall–Kier alpha value is -8.11. The smallest absolute Gasteiger partial charge is 0.268 e. The van der Waals surface area contributed by atoms with Crippen molar-refractivity contribution in [2.45, 2.75) is 20.3 Å². The Morgan fingerprint density at radius 3 is 1.94 bits per heavy atom. The summed E-state index contributed by atoms with van der Waals surface area (Å²) in [4.78, 5) is 5.14. The second-order valence-corrected chi connectivity index (χ2v) is 17.1. The van der Waals surface area contributed by atoms with Gasteiger partial charge < -0.3 is 13.9 Å². The van der Waals surface area contributed by atoms with Crippen LogP contribution in [-0.4, -0.2) is 14.1 Å². The van der Waals surface area contributed by atoms with Crippen LogP contribution in [0.4, 0.5) is 0 Å². The predicted octanol–water partition coefficient (Wildman–Crippen LogP) is 15.5.